The highest BCUT2D eigenvalue weighted by Crippen LogP contribution is 2.39. The van der Waals surface area contributed by atoms with E-state index < -0.39 is 0 Å². The van der Waals surface area contributed by atoms with Crippen LogP contribution in [0, 0.1) is 5.92 Å². The second kappa shape index (κ2) is 9.75. The maximum Gasteiger partial charge on any atom is 0.135 e. The van der Waals surface area contributed by atoms with Gasteiger partial charge in [-0.05, 0) is 58.5 Å². The Hall–Kier alpha value is -5.54. The topological polar surface area (TPSA) is 38.9 Å². The third-order valence-corrected chi connectivity index (χ3v) is 9.19. The predicted octanol–water partition coefficient (Wildman–Crippen LogP) is 10.8. The van der Waals surface area contributed by atoms with Crippen molar-refractivity contribution in [1.29, 1.82) is 0 Å². The Kier molecular flexibility index (Phi) is 5.54. The minimum atomic E-state index is 0.214. The van der Waals surface area contributed by atoms with Crippen molar-refractivity contribution in [3.05, 3.63) is 150 Å². The minimum Gasteiger partial charge on any atom is -0.456 e. The molecule has 3 nitrogen and oxygen atoms in total. The van der Waals surface area contributed by atoms with Gasteiger partial charge in [-0.25, -0.2) is 9.97 Å². The number of para-hydroxylation sites is 1. The normalized spacial score (nSPS) is 16.2. The number of rotatable bonds is 3. The van der Waals surface area contributed by atoms with E-state index in [0.29, 0.717) is 5.92 Å². The zero-order chi connectivity index (χ0) is 29.2. The minimum absolute atomic E-state index is 0.214. The fourth-order valence-corrected chi connectivity index (χ4v) is 6.88. The van der Waals surface area contributed by atoms with Crippen LogP contribution in [0.25, 0.3) is 72.2 Å². The Labute approximate surface area is 255 Å². The lowest BCUT2D eigenvalue weighted by Crippen LogP contribution is -2.15. The molecule has 208 valence electrons. The summed E-state index contributed by atoms with van der Waals surface area (Å²) in [6, 6.07) is 45.0. The summed E-state index contributed by atoms with van der Waals surface area (Å²) in [5.74, 6) is 0.575. The molecule has 3 aromatic heterocycles. The number of allylic oxidation sites excluding steroid dienone is 1. The fraction of sp³-hybridized carbons (Fsp3) is 0.0732. The molecular weight excluding hydrogens is 536 g/mol. The van der Waals surface area contributed by atoms with Gasteiger partial charge in [0.05, 0.1) is 16.7 Å². The second-order valence-corrected chi connectivity index (χ2v) is 11.9. The molecule has 0 N–H and O–H groups in total. The van der Waals surface area contributed by atoms with E-state index in [-0.39, 0.29) is 5.92 Å². The van der Waals surface area contributed by atoms with E-state index in [1.165, 1.54) is 11.1 Å². The highest BCUT2D eigenvalue weighted by Gasteiger charge is 2.26. The first-order valence-electron chi connectivity index (χ1n) is 15.2. The SMILES string of the molecule is CC1C=Cc2ccccc2C1c1ccc2ccc3ccc(-c4ccc(-c5ccc6oc7ccccc7c6c5)cc4)nc3c2n1. The van der Waals surface area contributed by atoms with Gasteiger partial charge in [0, 0.05) is 38.7 Å². The van der Waals surface area contributed by atoms with Crippen molar-refractivity contribution < 1.29 is 4.42 Å². The van der Waals surface area contributed by atoms with Crippen LogP contribution in [0.4, 0.5) is 0 Å². The van der Waals surface area contributed by atoms with Crippen LogP contribution in [-0.2, 0) is 0 Å². The predicted molar refractivity (Wildman–Crippen MR) is 182 cm³/mol. The van der Waals surface area contributed by atoms with E-state index in [4.69, 9.17) is 14.4 Å². The number of nitrogens with zero attached hydrogens (tertiary/aromatic N) is 2. The quantitative estimate of drug-likeness (QED) is 0.200. The van der Waals surface area contributed by atoms with Gasteiger partial charge in [0.25, 0.3) is 0 Å². The monoisotopic (exact) mass is 564 g/mol. The van der Waals surface area contributed by atoms with Crippen molar-refractivity contribution in [2.75, 3.05) is 0 Å². The first-order chi connectivity index (χ1) is 21.7. The van der Waals surface area contributed by atoms with Crippen LogP contribution >= 0.6 is 0 Å². The number of hydrogen-bond donors (Lipinski definition) is 0. The van der Waals surface area contributed by atoms with Crippen molar-refractivity contribution in [3.63, 3.8) is 0 Å². The molecule has 5 aromatic carbocycles. The fourth-order valence-electron chi connectivity index (χ4n) is 6.88. The van der Waals surface area contributed by atoms with Gasteiger partial charge in [-0.1, -0.05) is 116 Å². The molecule has 8 aromatic rings. The molecule has 9 rings (SSSR count). The van der Waals surface area contributed by atoms with E-state index in [1.807, 2.05) is 12.1 Å². The molecule has 0 saturated carbocycles. The lowest BCUT2D eigenvalue weighted by Gasteiger charge is -2.27. The summed E-state index contributed by atoms with van der Waals surface area (Å²) in [5, 5.41) is 4.49. The van der Waals surface area contributed by atoms with Crippen molar-refractivity contribution in [2.24, 2.45) is 5.92 Å². The first-order valence-corrected chi connectivity index (χ1v) is 15.2. The summed E-state index contributed by atoms with van der Waals surface area (Å²) in [5.41, 5.74) is 11.8. The van der Waals surface area contributed by atoms with Gasteiger partial charge in [-0.2, -0.15) is 0 Å². The molecule has 0 saturated heterocycles. The van der Waals surface area contributed by atoms with Crippen LogP contribution in [0.3, 0.4) is 0 Å². The van der Waals surface area contributed by atoms with Crippen LogP contribution in [-0.4, -0.2) is 9.97 Å². The molecule has 2 unspecified atom stereocenters. The van der Waals surface area contributed by atoms with Gasteiger partial charge >= 0.3 is 0 Å². The van der Waals surface area contributed by atoms with Gasteiger partial charge in [0.2, 0.25) is 0 Å². The Morgan fingerprint density at radius 1 is 0.568 bits per heavy atom. The molecule has 3 heterocycles. The molecule has 1 aliphatic rings. The molecule has 0 aliphatic heterocycles. The zero-order valence-corrected chi connectivity index (χ0v) is 24.2. The molecule has 0 bridgehead atoms. The van der Waals surface area contributed by atoms with Crippen LogP contribution < -0.4 is 0 Å². The molecule has 0 radical (unpaired) electrons. The molecule has 44 heavy (non-hydrogen) atoms. The Bertz CT molecular complexity index is 2420. The van der Waals surface area contributed by atoms with E-state index in [1.54, 1.807) is 0 Å². The van der Waals surface area contributed by atoms with Gasteiger partial charge in [0.1, 0.15) is 11.2 Å². The van der Waals surface area contributed by atoms with Crippen molar-refractivity contribution in [3.8, 4) is 22.4 Å². The number of hydrogen-bond acceptors (Lipinski definition) is 3. The summed E-state index contributed by atoms with van der Waals surface area (Å²) in [4.78, 5) is 10.5. The Balaban J connectivity index is 1.11. The van der Waals surface area contributed by atoms with E-state index in [9.17, 15) is 0 Å². The van der Waals surface area contributed by atoms with Gasteiger partial charge in [-0.15, -0.1) is 0 Å². The van der Waals surface area contributed by atoms with Crippen molar-refractivity contribution in [1.82, 2.24) is 9.97 Å². The molecule has 0 amide bonds. The summed E-state index contributed by atoms with van der Waals surface area (Å²) >= 11 is 0. The second-order valence-electron chi connectivity index (χ2n) is 11.9. The average Bonchev–Trinajstić information content (AvgIpc) is 3.46. The largest absolute Gasteiger partial charge is 0.456 e. The van der Waals surface area contributed by atoms with Crippen LogP contribution in [0.15, 0.2) is 138 Å². The standard InChI is InChI=1S/C41H28N2O/c1-25-10-11-27-6-2-3-7-32(27)39(25)36-22-19-30-17-16-29-18-21-35(42-40(29)41(30)43-36)28-14-12-26(13-15-28)31-20-23-38-34(24-31)33-8-4-5-9-37(33)44-38/h2-25,39H,1H3. The summed E-state index contributed by atoms with van der Waals surface area (Å²) in [6.45, 7) is 2.28. The van der Waals surface area contributed by atoms with Gasteiger partial charge < -0.3 is 4.42 Å². The first kappa shape index (κ1) is 25.0. The maximum absolute atomic E-state index is 6.03. The highest BCUT2D eigenvalue weighted by atomic mass is 16.3. The zero-order valence-electron chi connectivity index (χ0n) is 24.2. The van der Waals surface area contributed by atoms with Crippen LogP contribution in [0.1, 0.15) is 29.7 Å². The highest BCUT2D eigenvalue weighted by molar-refractivity contribution is 6.06. The summed E-state index contributed by atoms with van der Waals surface area (Å²) < 4.78 is 6.03. The smallest absolute Gasteiger partial charge is 0.135 e. The average molecular weight is 565 g/mol. The molecule has 3 heteroatoms. The van der Waals surface area contributed by atoms with Crippen molar-refractivity contribution in [2.45, 2.75) is 12.8 Å². The summed E-state index contributed by atoms with van der Waals surface area (Å²) in [7, 11) is 0. The van der Waals surface area contributed by atoms with Crippen LogP contribution in [0.5, 0.6) is 0 Å². The van der Waals surface area contributed by atoms with E-state index in [0.717, 1.165) is 71.8 Å². The Morgan fingerprint density at radius 2 is 1.25 bits per heavy atom. The lowest BCUT2D eigenvalue weighted by atomic mass is 9.78. The number of pyridine rings is 2. The third-order valence-electron chi connectivity index (χ3n) is 9.19. The molecule has 1 aliphatic carbocycles. The molecule has 0 spiro atoms. The molecule has 2 atom stereocenters. The molecule has 0 fully saturated rings. The van der Waals surface area contributed by atoms with E-state index >= 15 is 0 Å². The van der Waals surface area contributed by atoms with Crippen LogP contribution in [0.2, 0.25) is 0 Å². The number of aromatic nitrogens is 2. The summed E-state index contributed by atoms with van der Waals surface area (Å²) in [6.07, 6.45) is 4.54. The van der Waals surface area contributed by atoms with Gasteiger partial charge in [-0.3, -0.25) is 0 Å². The molecular formula is C41H28N2O. The van der Waals surface area contributed by atoms with E-state index in [2.05, 4.69) is 134 Å². The van der Waals surface area contributed by atoms with Gasteiger partial charge in [0.15, 0.2) is 0 Å². The number of furan rings is 1. The maximum atomic E-state index is 6.03. The Morgan fingerprint density at radius 3 is 2.14 bits per heavy atom. The lowest BCUT2D eigenvalue weighted by molar-refractivity contribution is 0.606. The van der Waals surface area contributed by atoms with Crippen molar-refractivity contribution >= 4 is 49.8 Å². The number of fused-ring (bicyclic) bond motifs is 7. The third kappa shape index (κ3) is 3.97. The number of benzene rings is 5.